The molecule has 1 saturated carbocycles. The van der Waals surface area contributed by atoms with E-state index in [1.54, 1.807) is 17.8 Å². The van der Waals surface area contributed by atoms with Gasteiger partial charge in [-0.3, -0.25) is 0 Å². The van der Waals surface area contributed by atoms with Gasteiger partial charge in [0.2, 0.25) is 10.0 Å². The highest BCUT2D eigenvalue weighted by Crippen LogP contribution is 2.28. The summed E-state index contributed by atoms with van der Waals surface area (Å²) in [5.74, 6) is 0. The second-order valence-corrected chi connectivity index (χ2v) is 8.13. The van der Waals surface area contributed by atoms with Crippen LogP contribution in [0.4, 0.5) is 0 Å². The molecule has 2 N–H and O–H groups in total. The van der Waals surface area contributed by atoms with Crippen molar-refractivity contribution in [2.45, 2.75) is 48.5 Å². The van der Waals surface area contributed by atoms with E-state index in [0.717, 1.165) is 19.3 Å². The fourth-order valence-electron chi connectivity index (χ4n) is 2.63. The van der Waals surface area contributed by atoms with Gasteiger partial charge in [0.1, 0.15) is 0 Å². The number of aliphatic hydroxyl groups excluding tert-OH is 1. The minimum Gasteiger partial charge on any atom is -0.390 e. The van der Waals surface area contributed by atoms with Gasteiger partial charge in [0.15, 0.2) is 0 Å². The van der Waals surface area contributed by atoms with Crippen molar-refractivity contribution in [1.29, 1.82) is 0 Å². The predicted molar refractivity (Wildman–Crippen MR) is 81.2 cm³/mol. The van der Waals surface area contributed by atoms with Crippen LogP contribution in [0.1, 0.15) is 31.4 Å². The van der Waals surface area contributed by atoms with Crippen molar-refractivity contribution in [3.63, 3.8) is 0 Å². The fraction of sp³-hybridized carbons (Fsp3) is 0.692. The smallest absolute Gasteiger partial charge is 0.242 e. The van der Waals surface area contributed by atoms with Gasteiger partial charge in [-0.1, -0.05) is 6.42 Å². The molecule has 114 valence electrons. The maximum atomic E-state index is 12.4. The van der Waals surface area contributed by atoms with E-state index in [4.69, 9.17) is 5.11 Å². The highest BCUT2D eigenvalue weighted by atomic mass is 32.2. The number of rotatable bonds is 5. The molecule has 2 rings (SSSR count). The van der Waals surface area contributed by atoms with Crippen LogP contribution >= 0.6 is 11.8 Å². The Hall–Kier alpha value is -0.500. The van der Waals surface area contributed by atoms with E-state index in [9.17, 15) is 8.42 Å². The van der Waals surface area contributed by atoms with Crippen LogP contribution in [0.15, 0.2) is 17.2 Å². The topological polar surface area (TPSA) is 71.3 Å². The van der Waals surface area contributed by atoms with Gasteiger partial charge in [0.25, 0.3) is 0 Å². The molecule has 0 saturated heterocycles. The fourth-order valence-corrected chi connectivity index (χ4v) is 4.84. The van der Waals surface area contributed by atoms with E-state index in [1.165, 1.54) is 12.5 Å². The van der Waals surface area contributed by atoms with E-state index < -0.39 is 10.0 Å². The Bertz CT molecular complexity index is 554. The molecule has 2 atom stereocenters. The Morgan fingerprint density at radius 1 is 1.50 bits per heavy atom. The number of hydrogen-bond donors (Lipinski definition) is 2. The largest absolute Gasteiger partial charge is 0.390 e. The molecule has 1 aromatic rings. The van der Waals surface area contributed by atoms with Crippen LogP contribution in [0.5, 0.6) is 0 Å². The van der Waals surface area contributed by atoms with Crippen LogP contribution in [0.3, 0.4) is 0 Å². The SMILES string of the molecule is CSC1CCCC(NS(=O)(=O)c2cc(CO)n(C)c2)C1. The summed E-state index contributed by atoms with van der Waals surface area (Å²) in [7, 11) is -1.76. The number of aliphatic hydroxyl groups is 1. The Morgan fingerprint density at radius 2 is 2.25 bits per heavy atom. The molecule has 1 aromatic heterocycles. The number of thioether (sulfide) groups is 1. The quantitative estimate of drug-likeness (QED) is 0.862. The summed E-state index contributed by atoms with van der Waals surface area (Å²) >= 11 is 1.81. The second kappa shape index (κ2) is 6.51. The zero-order chi connectivity index (χ0) is 14.8. The van der Waals surface area contributed by atoms with Gasteiger partial charge in [-0.25, -0.2) is 13.1 Å². The molecule has 20 heavy (non-hydrogen) atoms. The van der Waals surface area contributed by atoms with Gasteiger partial charge >= 0.3 is 0 Å². The molecule has 0 amide bonds. The van der Waals surface area contributed by atoms with E-state index in [2.05, 4.69) is 11.0 Å². The van der Waals surface area contributed by atoms with Crippen molar-refractivity contribution in [3.05, 3.63) is 18.0 Å². The number of hydrogen-bond acceptors (Lipinski definition) is 4. The van der Waals surface area contributed by atoms with Crippen molar-refractivity contribution < 1.29 is 13.5 Å². The first-order valence-electron chi connectivity index (χ1n) is 6.77. The van der Waals surface area contributed by atoms with Crippen molar-refractivity contribution in [2.75, 3.05) is 6.26 Å². The molecule has 1 aliphatic rings. The zero-order valence-corrected chi connectivity index (χ0v) is 13.5. The molecule has 1 heterocycles. The highest BCUT2D eigenvalue weighted by molar-refractivity contribution is 7.99. The monoisotopic (exact) mass is 318 g/mol. The standard InChI is InChI=1S/C13H22N2O3S2/c1-15-8-13(7-11(15)9-16)20(17,18)14-10-4-3-5-12(6-10)19-2/h7-8,10,12,14,16H,3-6,9H2,1-2H3. The van der Waals surface area contributed by atoms with Crippen LogP contribution < -0.4 is 4.72 Å². The Morgan fingerprint density at radius 3 is 2.85 bits per heavy atom. The third kappa shape index (κ3) is 3.58. The Balaban J connectivity index is 2.10. The highest BCUT2D eigenvalue weighted by Gasteiger charge is 2.26. The second-order valence-electron chi connectivity index (χ2n) is 5.28. The third-order valence-corrected chi connectivity index (χ3v) is 6.42. The lowest BCUT2D eigenvalue weighted by molar-refractivity contribution is 0.272. The van der Waals surface area contributed by atoms with Gasteiger partial charge in [0, 0.05) is 30.2 Å². The Labute approximate surface area is 124 Å². The molecule has 1 aliphatic carbocycles. The lowest BCUT2D eigenvalue weighted by Crippen LogP contribution is -2.38. The van der Waals surface area contributed by atoms with Gasteiger partial charge in [0.05, 0.1) is 11.5 Å². The first-order chi connectivity index (χ1) is 9.46. The first kappa shape index (κ1) is 15.9. The first-order valence-corrected chi connectivity index (χ1v) is 9.54. The normalized spacial score (nSPS) is 23.9. The van der Waals surface area contributed by atoms with Crippen molar-refractivity contribution >= 4 is 21.8 Å². The number of nitrogens with one attached hydrogen (secondary N) is 1. The summed E-state index contributed by atoms with van der Waals surface area (Å²) in [4.78, 5) is 0.232. The summed E-state index contributed by atoms with van der Waals surface area (Å²) in [6.45, 7) is -0.163. The summed E-state index contributed by atoms with van der Waals surface area (Å²) in [6.07, 6.45) is 7.64. The number of nitrogens with zero attached hydrogens (tertiary/aromatic N) is 1. The molecule has 7 heteroatoms. The summed E-state index contributed by atoms with van der Waals surface area (Å²) in [6, 6.07) is 1.54. The maximum Gasteiger partial charge on any atom is 0.242 e. The predicted octanol–water partition coefficient (Wildman–Crippen LogP) is 1.47. The summed E-state index contributed by atoms with van der Waals surface area (Å²) < 4.78 is 29.2. The van der Waals surface area contributed by atoms with E-state index >= 15 is 0 Å². The molecular weight excluding hydrogens is 296 g/mol. The zero-order valence-electron chi connectivity index (χ0n) is 11.9. The number of aromatic nitrogens is 1. The van der Waals surface area contributed by atoms with Gasteiger partial charge in [-0.2, -0.15) is 11.8 Å². The van der Waals surface area contributed by atoms with Gasteiger partial charge in [-0.05, 0) is 31.6 Å². The number of aryl methyl sites for hydroxylation is 1. The van der Waals surface area contributed by atoms with Gasteiger partial charge < -0.3 is 9.67 Å². The molecule has 0 aromatic carbocycles. The molecule has 0 bridgehead atoms. The third-order valence-electron chi connectivity index (χ3n) is 3.84. The number of sulfonamides is 1. The average Bonchev–Trinajstić information content (AvgIpc) is 2.80. The van der Waals surface area contributed by atoms with Crippen LogP contribution in [-0.4, -0.2) is 35.6 Å². The minimum atomic E-state index is -3.49. The lowest BCUT2D eigenvalue weighted by atomic mass is 9.96. The van der Waals surface area contributed by atoms with Crippen LogP contribution in [0.2, 0.25) is 0 Å². The molecule has 1 fully saturated rings. The molecular formula is C13H22N2O3S2. The minimum absolute atomic E-state index is 0.0176. The van der Waals surface area contributed by atoms with Gasteiger partial charge in [-0.15, -0.1) is 0 Å². The van der Waals surface area contributed by atoms with Crippen LogP contribution in [0.25, 0.3) is 0 Å². The maximum absolute atomic E-state index is 12.4. The van der Waals surface area contributed by atoms with Crippen LogP contribution in [0, 0.1) is 0 Å². The van der Waals surface area contributed by atoms with E-state index in [-0.39, 0.29) is 17.5 Å². The van der Waals surface area contributed by atoms with Crippen molar-refractivity contribution in [2.24, 2.45) is 7.05 Å². The molecule has 0 radical (unpaired) electrons. The van der Waals surface area contributed by atoms with E-state index in [0.29, 0.717) is 10.9 Å². The Kier molecular flexibility index (Phi) is 5.17. The molecule has 2 unspecified atom stereocenters. The molecule has 0 aliphatic heterocycles. The molecule has 0 spiro atoms. The van der Waals surface area contributed by atoms with Crippen LogP contribution in [-0.2, 0) is 23.7 Å². The van der Waals surface area contributed by atoms with Crippen molar-refractivity contribution in [1.82, 2.24) is 9.29 Å². The average molecular weight is 318 g/mol. The van der Waals surface area contributed by atoms with Crippen molar-refractivity contribution in [3.8, 4) is 0 Å². The summed E-state index contributed by atoms with van der Waals surface area (Å²) in [5, 5.41) is 9.69. The summed E-state index contributed by atoms with van der Waals surface area (Å²) in [5.41, 5.74) is 0.594. The molecule has 5 nitrogen and oxygen atoms in total. The van der Waals surface area contributed by atoms with E-state index in [1.807, 2.05) is 11.8 Å². The lowest BCUT2D eigenvalue weighted by Gasteiger charge is -2.28.